The largest absolute Gasteiger partial charge is 0.456 e. The van der Waals surface area contributed by atoms with Gasteiger partial charge in [-0.15, -0.1) is 0 Å². The fourth-order valence-electron chi connectivity index (χ4n) is 6.96. The number of allylic oxidation sites excluding steroid dienone is 6. The monoisotopic (exact) mass is 583 g/mol. The quantitative estimate of drug-likeness (QED) is 0.192. The second-order valence-corrected chi connectivity index (χ2v) is 12.0. The van der Waals surface area contributed by atoms with Gasteiger partial charge in [-0.25, -0.2) is 4.42 Å². The van der Waals surface area contributed by atoms with Crippen molar-refractivity contribution in [1.82, 2.24) is 0 Å². The molecule has 0 saturated carbocycles. The van der Waals surface area contributed by atoms with Crippen LogP contribution in [0.15, 0.2) is 161 Å². The zero-order valence-corrected chi connectivity index (χ0v) is 25.3. The lowest BCUT2D eigenvalue weighted by atomic mass is 9.82. The van der Waals surface area contributed by atoms with Crippen molar-refractivity contribution in [3.8, 4) is 22.5 Å². The molecule has 3 aliphatic rings. The van der Waals surface area contributed by atoms with Gasteiger partial charge in [0.25, 0.3) is 0 Å². The Morgan fingerprint density at radius 3 is 1.87 bits per heavy atom. The second-order valence-electron chi connectivity index (χ2n) is 12.0. The van der Waals surface area contributed by atoms with Crippen LogP contribution < -0.4 is 0 Å². The van der Waals surface area contributed by atoms with Crippen LogP contribution in [0.1, 0.15) is 54.6 Å². The van der Waals surface area contributed by atoms with Crippen molar-refractivity contribution in [3.05, 3.63) is 179 Å². The maximum atomic E-state index is 6.86. The molecule has 2 aliphatic carbocycles. The summed E-state index contributed by atoms with van der Waals surface area (Å²) in [7, 11) is 0. The predicted molar refractivity (Wildman–Crippen MR) is 185 cm³/mol. The predicted octanol–water partition coefficient (Wildman–Crippen LogP) is 11.6. The van der Waals surface area contributed by atoms with Gasteiger partial charge in [0, 0.05) is 16.7 Å². The molecule has 0 unspecified atom stereocenters. The Balaban J connectivity index is 1.31. The summed E-state index contributed by atoms with van der Waals surface area (Å²) < 4.78 is 13.7. The van der Waals surface area contributed by atoms with Crippen molar-refractivity contribution in [2.75, 3.05) is 0 Å². The van der Waals surface area contributed by atoms with E-state index in [0.29, 0.717) is 0 Å². The first-order valence-electron chi connectivity index (χ1n) is 16.1. The van der Waals surface area contributed by atoms with E-state index in [1.54, 1.807) is 0 Å². The third-order valence-corrected chi connectivity index (χ3v) is 9.14. The highest BCUT2D eigenvalue weighted by atomic mass is 16.5. The van der Waals surface area contributed by atoms with E-state index in [0.717, 1.165) is 72.7 Å². The lowest BCUT2D eigenvalue weighted by Crippen LogP contribution is -2.12. The van der Waals surface area contributed by atoms with Crippen molar-refractivity contribution in [2.24, 2.45) is 0 Å². The van der Waals surface area contributed by atoms with Gasteiger partial charge in [0.15, 0.2) is 0 Å². The average Bonchev–Trinajstić information content (AvgIpc) is 3.12. The van der Waals surface area contributed by atoms with Gasteiger partial charge in [0.1, 0.15) is 11.5 Å². The van der Waals surface area contributed by atoms with Crippen LogP contribution in [0.25, 0.3) is 39.4 Å². The Bertz CT molecular complexity index is 1980. The Labute approximate surface area is 265 Å². The third-order valence-electron chi connectivity index (χ3n) is 9.14. The van der Waals surface area contributed by atoms with E-state index < -0.39 is 0 Å². The molecule has 1 aliphatic heterocycles. The molecule has 45 heavy (non-hydrogen) atoms. The second kappa shape index (κ2) is 12.1. The summed E-state index contributed by atoms with van der Waals surface area (Å²) in [4.78, 5) is 0. The molecule has 2 heteroatoms. The summed E-state index contributed by atoms with van der Waals surface area (Å²) in [5.41, 5.74) is 12.3. The van der Waals surface area contributed by atoms with E-state index in [2.05, 4.69) is 140 Å². The fraction of sp³-hybridized carbons (Fsp3) is 0.140. The van der Waals surface area contributed by atoms with E-state index in [-0.39, 0.29) is 0 Å². The van der Waals surface area contributed by atoms with Crippen LogP contribution in [-0.4, -0.2) is 0 Å². The molecule has 2 heterocycles. The Morgan fingerprint density at radius 1 is 0.578 bits per heavy atom. The average molecular weight is 584 g/mol. The van der Waals surface area contributed by atoms with E-state index in [1.165, 1.54) is 44.5 Å². The van der Waals surface area contributed by atoms with Crippen molar-refractivity contribution < 1.29 is 9.15 Å². The Kier molecular flexibility index (Phi) is 7.33. The van der Waals surface area contributed by atoms with Crippen LogP contribution in [0.3, 0.4) is 0 Å². The summed E-state index contributed by atoms with van der Waals surface area (Å²) in [5, 5.41) is 0. The molecular formula is C43H35O2+. The lowest BCUT2D eigenvalue weighted by Gasteiger charge is -2.29. The number of hydrogen-bond acceptors (Lipinski definition) is 1. The summed E-state index contributed by atoms with van der Waals surface area (Å²) >= 11 is 0. The molecule has 4 aromatic carbocycles. The molecule has 0 radical (unpaired) electrons. The highest BCUT2D eigenvalue weighted by Crippen LogP contribution is 2.46. The van der Waals surface area contributed by atoms with Crippen molar-refractivity contribution >= 4 is 16.9 Å². The highest BCUT2D eigenvalue weighted by Gasteiger charge is 2.33. The van der Waals surface area contributed by atoms with Crippen molar-refractivity contribution in [2.45, 2.75) is 38.5 Å². The summed E-state index contributed by atoms with van der Waals surface area (Å²) in [6.07, 6.45) is 10.8. The molecule has 0 N–H and O–H groups in total. The van der Waals surface area contributed by atoms with Gasteiger partial charge < -0.3 is 4.74 Å². The zero-order valence-electron chi connectivity index (χ0n) is 25.3. The van der Waals surface area contributed by atoms with Gasteiger partial charge >= 0.3 is 11.5 Å². The van der Waals surface area contributed by atoms with Gasteiger partial charge in [-0.05, 0) is 85.1 Å². The first-order chi connectivity index (χ1) is 22.3. The number of rotatable bonds is 5. The van der Waals surface area contributed by atoms with E-state index >= 15 is 0 Å². The van der Waals surface area contributed by atoms with Crippen LogP contribution in [-0.2, 0) is 11.2 Å². The molecule has 0 spiro atoms. The van der Waals surface area contributed by atoms with Gasteiger partial charge in [-0.1, -0.05) is 109 Å². The van der Waals surface area contributed by atoms with Crippen molar-refractivity contribution in [1.29, 1.82) is 0 Å². The molecule has 1 aromatic heterocycles. The van der Waals surface area contributed by atoms with E-state index in [4.69, 9.17) is 9.15 Å². The Morgan fingerprint density at radius 2 is 1.18 bits per heavy atom. The molecule has 0 atom stereocenters. The summed E-state index contributed by atoms with van der Waals surface area (Å²) in [6.45, 7) is 0. The van der Waals surface area contributed by atoms with Crippen LogP contribution >= 0.6 is 0 Å². The van der Waals surface area contributed by atoms with Gasteiger partial charge in [-0.3, -0.25) is 0 Å². The number of ether oxygens (including phenoxy) is 1. The molecule has 0 amide bonds. The minimum absolute atomic E-state index is 0.900. The minimum Gasteiger partial charge on any atom is -0.456 e. The maximum Gasteiger partial charge on any atom is 0.361 e. The van der Waals surface area contributed by atoms with Crippen LogP contribution in [0.2, 0.25) is 0 Å². The first kappa shape index (κ1) is 27.3. The standard InChI is InChI=1S/C43H35O2/c1-5-15-30(16-6-1)38-28-40(32-19-9-3-10-20-32)44-42-34(23-13-25-36(38)42)27-35-24-14-26-37-39(31-17-7-2-8-18-31)29-41(45-43(35)37)33-21-11-4-12-22-33/h1-12,15-22,27-29H,13-14,23-26H2/q+1. The lowest BCUT2D eigenvalue weighted by molar-refractivity contribution is 0.372. The third kappa shape index (κ3) is 5.38. The van der Waals surface area contributed by atoms with Gasteiger partial charge in [-0.2, -0.15) is 0 Å². The van der Waals surface area contributed by atoms with Crippen molar-refractivity contribution in [3.63, 3.8) is 0 Å². The number of benzene rings is 4. The maximum absolute atomic E-state index is 6.86. The topological polar surface area (TPSA) is 20.5 Å². The minimum atomic E-state index is 0.900. The summed E-state index contributed by atoms with van der Waals surface area (Å²) in [5.74, 6) is 3.84. The molecule has 0 fully saturated rings. The van der Waals surface area contributed by atoms with Gasteiger partial charge in [0.05, 0.1) is 22.8 Å². The van der Waals surface area contributed by atoms with Crippen LogP contribution in [0.5, 0.6) is 0 Å². The van der Waals surface area contributed by atoms with E-state index in [9.17, 15) is 0 Å². The molecule has 0 bridgehead atoms. The zero-order chi connectivity index (χ0) is 30.0. The Hall–Kier alpha value is -5.21. The smallest absolute Gasteiger partial charge is 0.361 e. The molecule has 8 rings (SSSR count). The first-order valence-corrected chi connectivity index (χ1v) is 16.1. The molecule has 5 aromatic rings. The SMILES string of the molecule is C1=C(c2ccccc2)OC2=C(C=C3CCCc4c(-c5ccccc5)cc(-c5ccccc5)[o+]c43)CCCC2=C1c1ccccc1. The number of fused-ring (bicyclic) bond motifs is 2. The van der Waals surface area contributed by atoms with E-state index in [1.807, 2.05) is 0 Å². The molecular weight excluding hydrogens is 548 g/mol. The highest BCUT2D eigenvalue weighted by molar-refractivity contribution is 5.89. The molecule has 0 saturated heterocycles. The number of hydrogen-bond donors (Lipinski definition) is 0. The molecule has 2 nitrogen and oxygen atoms in total. The van der Waals surface area contributed by atoms with Gasteiger partial charge in [0.2, 0.25) is 0 Å². The fourth-order valence-corrected chi connectivity index (χ4v) is 6.96. The van der Waals surface area contributed by atoms with Crippen LogP contribution in [0.4, 0.5) is 0 Å². The van der Waals surface area contributed by atoms with Crippen LogP contribution in [0, 0.1) is 0 Å². The normalized spacial score (nSPS) is 17.0. The summed E-state index contributed by atoms with van der Waals surface area (Å²) in [6, 6.07) is 44.7. The molecule has 218 valence electrons.